The molecule has 116 valence electrons. The number of amides is 1. The van der Waals surface area contributed by atoms with Gasteiger partial charge in [0.15, 0.2) is 6.61 Å². The average molecular weight is 297 g/mol. The maximum atomic E-state index is 12.1. The summed E-state index contributed by atoms with van der Waals surface area (Å²) in [4.78, 5) is 12.1. The molecule has 0 aromatic heterocycles. The van der Waals surface area contributed by atoms with Crippen LogP contribution < -0.4 is 10.1 Å². The second kappa shape index (κ2) is 7.12. The van der Waals surface area contributed by atoms with Gasteiger partial charge >= 0.3 is 0 Å². The summed E-state index contributed by atoms with van der Waals surface area (Å²) in [5.41, 5.74) is 4.52. The van der Waals surface area contributed by atoms with Crippen molar-refractivity contribution in [2.75, 3.05) is 6.61 Å². The Bertz CT molecular complexity index is 664. The Morgan fingerprint density at radius 1 is 1.09 bits per heavy atom. The summed E-state index contributed by atoms with van der Waals surface area (Å²) in [6.45, 7) is 8.07. The summed E-state index contributed by atoms with van der Waals surface area (Å²) in [6, 6.07) is 14.0. The van der Waals surface area contributed by atoms with E-state index >= 15 is 0 Å². The molecule has 3 nitrogen and oxygen atoms in total. The Morgan fingerprint density at radius 3 is 2.50 bits per heavy atom. The summed E-state index contributed by atoms with van der Waals surface area (Å²) in [7, 11) is 0. The minimum atomic E-state index is -0.115. The first kappa shape index (κ1) is 16.1. The number of benzene rings is 2. The number of rotatable bonds is 5. The fourth-order valence-corrected chi connectivity index (χ4v) is 2.54. The third-order valence-electron chi connectivity index (χ3n) is 3.72. The zero-order valence-corrected chi connectivity index (χ0v) is 13.6. The number of hydrogen-bond donors (Lipinski definition) is 1. The molecular weight excluding hydrogens is 274 g/mol. The lowest BCUT2D eigenvalue weighted by Gasteiger charge is -2.17. The lowest BCUT2D eigenvalue weighted by molar-refractivity contribution is -0.123. The predicted molar refractivity (Wildman–Crippen MR) is 89.1 cm³/mol. The van der Waals surface area contributed by atoms with E-state index in [2.05, 4.69) is 5.32 Å². The lowest BCUT2D eigenvalue weighted by atomic mass is 10.0. The van der Waals surface area contributed by atoms with Crippen molar-refractivity contribution in [3.8, 4) is 5.75 Å². The van der Waals surface area contributed by atoms with Crippen LogP contribution in [-0.2, 0) is 4.79 Å². The van der Waals surface area contributed by atoms with E-state index in [4.69, 9.17) is 4.74 Å². The highest BCUT2D eigenvalue weighted by atomic mass is 16.5. The number of hydrogen-bond acceptors (Lipinski definition) is 2. The van der Waals surface area contributed by atoms with Gasteiger partial charge in [-0.15, -0.1) is 0 Å². The lowest BCUT2D eigenvalue weighted by Crippen LogP contribution is -2.31. The monoisotopic (exact) mass is 297 g/mol. The Labute approximate surface area is 132 Å². The molecule has 1 atom stereocenters. The maximum Gasteiger partial charge on any atom is 0.258 e. The minimum absolute atomic E-state index is 0.0279. The molecule has 2 aromatic carbocycles. The van der Waals surface area contributed by atoms with E-state index < -0.39 is 0 Å². The van der Waals surface area contributed by atoms with E-state index in [1.807, 2.05) is 70.2 Å². The van der Waals surface area contributed by atoms with E-state index in [1.54, 1.807) is 0 Å². The van der Waals surface area contributed by atoms with Gasteiger partial charge in [0.05, 0.1) is 6.04 Å². The summed E-state index contributed by atoms with van der Waals surface area (Å²) in [6.07, 6.45) is 0. The largest absolute Gasteiger partial charge is 0.484 e. The van der Waals surface area contributed by atoms with Crippen LogP contribution in [0.5, 0.6) is 5.75 Å². The van der Waals surface area contributed by atoms with Gasteiger partial charge in [-0.2, -0.15) is 0 Å². The molecule has 0 fully saturated rings. The molecular formula is C19H23NO2. The molecule has 3 heteroatoms. The van der Waals surface area contributed by atoms with Crippen LogP contribution in [0.1, 0.15) is 35.2 Å². The number of carbonyl (C=O) groups excluding carboxylic acids is 1. The van der Waals surface area contributed by atoms with Gasteiger partial charge in [0, 0.05) is 0 Å². The molecule has 1 amide bonds. The average Bonchev–Trinajstić information content (AvgIpc) is 2.46. The third-order valence-corrected chi connectivity index (χ3v) is 3.72. The van der Waals surface area contributed by atoms with E-state index in [-0.39, 0.29) is 18.6 Å². The topological polar surface area (TPSA) is 38.3 Å². The van der Waals surface area contributed by atoms with Gasteiger partial charge in [0.25, 0.3) is 5.91 Å². The van der Waals surface area contributed by atoms with Gasteiger partial charge < -0.3 is 10.1 Å². The van der Waals surface area contributed by atoms with Crippen LogP contribution in [0.3, 0.4) is 0 Å². The van der Waals surface area contributed by atoms with E-state index in [0.29, 0.717) is 0 Å². The molecule has 0 aliphatic rings. The molecule has 22 heavy (non-hydrogen) atoms. The highest BCUT2D eigenvalue weighted by molar-refractivity contribution is 5.78. The molecule has 0 bridgehead atoms. The van der Waals surface area contributed by atoms with Gasteiger partial charge in [-0.25, -0.2) is 0 Å². The van der Waals surface area contributed by atoms with Crippen molar-refractivity contribution in [3.05, 3.63) is 64.7 Å². The molecule has 0 heterocycles. The van der Waals surface area contributed by atoms with Crippen LogP contribution in [0.25, 0.3) is 0 Å². The summed E-state index contributed by atoms with van der Waals surface area (Å²) >= 11 is 0. The van der Waals surface area contributed by atoms with Crippen LogP contribution in [-0.4, -0.2) is 12.5 Å². The molecule has 0 spiro atoms. The fraction of sp³-hybridized carbons (Fsp3) is 0.316. The van der Waals surface area contributed by atoms with Gasteiger partial charge in [0.1, 0.15) is 5.75 Å². The van der Waals surface area contributed by atoms with Crippen molar-refractivity contribution in [1.82, 2.24) is 5.32 Å². The van der Waals surface area contributed by atoms with Gasteiger partial charge in [0.2, 0.25) is 0 Å². The number of nitrogens with one attached hydrogen (secondary N) is 1. The molecule has 0 aliphatic carbocycles. The zero-order valence-electron chi connectivity index (χ0n) is 13.6. The molecule has 0 radical (unpaired) electrons. The third kappa shape index (κ3) is 4.10. The molecule has 2 aromatic rings. The van der Waals surface area contributed by atoms with Crippen LogP contribution in [0.15, 0.2) is 42.5 Å². The smallest absolute Gasteiger partial charge is 0.258 e. The van der Waals surface area contributed by atoms with Crippen LogP contribution in [0.4, 0.5) is 0 Å². The highest BCUT2D eigenvalue weighted by Crippen LogP contribution is 2.19. The number of ether oxygens (including phenoxy) is 1. The van der Waals surface area contributed by atoms with Crippen molar-refractivity contribution in [1.29, 1.82) is 0 Å². The predicted octanol–water partition coefficient (Wildman–Crippen LogP) is 3.87. The normalized spacial score (nSPS) is 11.8. The number of aryl methyl sites for hydroxylation is 3. The summed E-state index contributed by atoms with van der Waals surface area (Å²) < 4.78 is 5.61. The molecule has 0 saturated heterocycles. The first-order chi connectivity index (χ1) is 10.5. The van der Waals surface area contributed by atoms with Gasteiger partial charge in [-0.3, -0.25) is 4.79 Å². The van der Waals surface area contributed by atoms with Crippen molar-refractivity contribution in [2.45, 2.75) is 33.7 Å². The molecule has 0 aliphatic heterocycles. The standard InChI is InChI=1S/C19H23NO2/c1-13-9-10-18(15(3)11-13)22-12-19(21)20-16(4)17-8-6-5-7-14(17)2/h5-11,16H,12H2,1-4H3,(H,20,21)/t16-/m1/s1. The quantitative estimate of drug-likeness (QED) is 0.910. The fourth-order valence-electron chi connectivity index (χ4n) is 2.54. The Hall–Kier alpha value is -2.29. The molecule has 0 unspecified atom stereocenters. The summed E-state index contributed by atoms with van der Waals surface area (Å²) in [5.74, 6) is 0.639. The zero-order chi connectivity index (χ0) is 16.1. The van der Waals surface area contributed by atoms with Crippen LogP contribution >= 0.6 is 0 Å². The van der Waals surface area contributed by atoms with Crippen molar-refractivity contribution in [2.24, 2.45) is 0 Å². The van der Waals surface area contributed by atoms with Crippen molar-refractivity contribution >= 4 is 5.91 Å². The second-order valence-electron chi connectivity index (χ2n) is 5.70. The molecule has 0 saturated carbocycles. The van der Waals surface area contributed by atoms with E-state index in [0.717, 1.165) is 16.9 Å². The second-order valence-corrected chi connectivity index (χ2v) is 5.70. The van der Waals surface area contributed by atoms with Crippen LogP contribution in [0, 0.1) is 20.8 Å². The minimum Gasteiger partial charge on any atom is -0.484 e. The van der Waals surface area contributed by atoms with E-state index in [1.165, 1.54) is 11.1 Å². The Morgan fingerprint density at radius 2 is 1.82 bits per heavy atom. The van der Waals surface area contributed by atoms with Crippen molar-refractivity contribution < 1.29 is 9.53 Å². The van der Waals surface area contributed by atoms with Crippen molar-refractivity contribution in [3.63, 3.8) is 0 Å². The first-order valence-electron chi connectivity index (χ1n) is 7.52. The first-order valence-corrected chi connectivity index (χ1v) is 7.52. The van der Waals surface area contributed by atoms with E-state index in [9.17, 15) is 4.79 Å². The SMILES string of the molecule is Cc1ccc(OCC(=O)N[C@H](C)c2ccccc2C)c(C)c1. The van der Waals surface area contributed by atoms with Gasteiger partial charge in [-0.1, -0.05) is 42.0 Å². The highest BCUT2D eigenvalue weighted by Gasteiger charge is 2.12. The molecule has 2 rings (SSSR count). The molecule has 1 N–H and O–H groups in total. The summed E-state index contributed by atoms with van der Waals surface area (Å²) in [5, 5.41) is 2.97. The maximum absolute atomic E-state index is 12.1. The van der Waals surface area contributed by atoms with Crippen LogP contribution in [0.2, 0.25) is 0 Å². The van der Waals surface area contributed by atoms with Gasteiger partial charge in [-0.05, 0) is 50.5 Å². The number of carbonyl (C=O) groups is 1. The Balaban J connectivity index is 1.92. The Kier molecular flexibility index (Phi) is 5.21.